The molecular formula is C17H13N5S. The molecule has 6 heteroatoms. The van der Waals surface area contributed by atoms with Crippen LogP contribution in [0.15, 0.2) is 59.7 Å². The van der Waals surface area contributed by atoms with E-state index < -0.39 is 0 Å². The molecule has 112 valence electrons. The Bertz CT molecular complexity index is 922. The summed E-state index contributed by atoms with van der Waals surface area (Å²) in [5, 5.41) is 6.39. The molecule has 0 unspecified atom stereocenters. The van der Waals surface area contributed by atoms with Crippen LogP contribution in [0.25, 0.3) is 22.3 Å². The average Bonchev–Trinajstić information content (AvgIpc) is 3.14. The van der Waals surface area contributed by atoms with E-state index in [1.54, 1.807) is 23.7 Å². The third-order valence-electron chi connectivity index (χ3n) is 3.44. The zero-order valence-electron chi connectivity index (χ0n) is 12.2. The van der Waals surface area contributed by atoms with Crippen molar-refractivity contribution in [3.8, 4) is 11.4 Å². The minimum atomic E-state index is 0.636. The monoisotopic (exact) mass is 319 g/mol. The number of hydrogen-bond donors (Lipinski definition) is 1. The van der Waals surface area contributed by atoms with E-state index >= 15 is 0 Å². The normalized spacial score (nSPS) is 10.8. The van der Waals surface area contributed by atoms with Crippen LogP contribution in [0.1, 0.15) is 5.69 Å². The zero-order valence-corrected chi connectivity index (χ0v) is 13.0. The summed E-state index contributed by atoms with van der Waals surface area (Å²) in [5.41, 5.74) is 4.63. The average molecular weight is 319 g/mol. The summed E-state index contributed by atoms with van der Waals surface area (Å²) in [6.45, 7) is 0.636. The van der Waals surface area contributed by atoms with Crippen molar-refractivity contribution < 1.29 is 0 Å². The van der Waals surface area contributed by atoms with Crippen LogP contribution in [-0.4, -0.2) is 19.9 Å². The summed E-state index contributed by atoms with van der Waals surface area (Å²) in [7, 11) is 0. The zero-order chi connectivity index (χ0) is 15.5. The second-order valence-corrected chi connectivity index (χ2v) is 5.71. The lowest BCUT2D eigenvalue weighted by Crippen LogP contribution is -2.04. The van der Waals surface area contributed by atoms with Gasteiger partial charge in [-0.3, -0.25) is 4.98 Å². The van der Waals surface area contributed by atoms with Crippen molar-refractivity contribution in [1.82, 2.24) is 19.9 Å². The third kappa shape index (κ3) is 2.89. The predicted molar refractivity (Wildman–Crippen MR) is 92.2 cm³/mol. The molecule has 0 fully saturated rings. The fourth-order valence-corrected chi connectivity index (χ4v) is 2.89. The molecule has 0 saturated carbocycles. The number of thiazole rings is 1. The molecule has 0 aliphatic rings. The Kier molecular flexibility index (Phi) is 3.65. The van der Waals surface area contributed by atoms with Gasteiger partial charge in [0.05, 0.1) is 23.3 Å². The Morgan fingerprint density at radius 1 is 1.04 bits per heavy atom. The van der Waals surface area contributed by atoms with Crippen molar-refractivity contribution in [2.24, 2.45) is 0 Å². The van der Waals surface area contributed by atoms with Gasteiger partial charge < -0.3 is 5.32 Å². The van der Waals surface area contributed by atoms with E-state index in [9.17, 15) is 0 Å². The van der Waals surface area contributed by atoms with Gasteiger partial charge in [0.25, 0.3) is 0 Å². The minimum Gasteiger partial charge on any atom is -0.364 e. The first-order chi connectivity index (χ1) is 11.4. The van der Waals surface area contributed by atoms with E-state index in [1.807, 2.05) is 47.3 Å². The highest BCUT2D eigenvalue weighted by Gasteiger charge is 2.09. The van der Waals surface area contributed by atoms with Crippen LogP contribution in [0.3, 0.4) is 0 Å². The van der Waals surface area contributed by atoms with Crippen LogP contribution in [0.5, 0.6) is 0 Å². The van der Waals surface area contributed by atoms with Crippen molar-refractivity contribution in [3.63, 3.8) is 0 Å². The van der Waals surface area contributed by atoms with Crippen molar-refractivity contribution in [2.75, 3.05) is 5.32 Å². The van der Waals surface area contributed by atoms with Gasteiger partial charge in [-0.25, -0.2) is 15.0 Å². The topological polar surface area (TPSA) is 63.6 Å². The van der Waals surface area contributed by atoms with E-state index in [0.717, 1.165) is 28.0 Å². The minimum absolute atomic E-state index is 0.636. The summed E-state index contributed by atoms with van der Waals surface area (Å²) < 4.78 is 0. The molecule has 0 bridgehead atoms. The first-order valence-electron chi connectivity index (χ1n) is 7.18. The Balaban J connectivity index is 1.77. The molecule has 3 aromatic heterocycles. The number of pyridine rings is 1. The van der Waals surface area contributed by atoms with E-state index in [2.05, 4.69) is 25.3 Å². The standard InChI is InChI=1S/C17H13N5S/c1-2-6-15-14(5-1)17(19-9-13-10-23-11-20-13)22-16(21-15)12-4-3-7-18-8-12/h1-8,10-11H,9H2,(H,19,21,22). The van der Waals surface area contributed by atoms with E-state index in [4.69, 9.17) is 0 Å². The molecule has 4 aromatic rings. The van der Waals surface area contributed by atoms with Crippen molar-refractivity contribution in [1.29, 1.82) is 0 Å². The summed E-state index contributed by atoms with van der Waals surface area (Å²) >= 11 is 1.59. The molecule has 0 amide bonds. The highest BCUT2D eigenvalue weighted by Crippen LogP contribution is 2.24. The Morgan fingerprint density at radius 2 is 2.00 bits per heavy atom. The van der Waals surface area contributed by atoms with Gasteiger partial charge in [0.2, 0.25) is 0 Å². The van der Waals surface area contributed by atoms with Gasteiger partial charge in [-0.15, -0.1) is 11.3 Å². The molecule has 0 aliphatic heterocycles. The summed E-state index contributed by atoms with van der Waals surface area (Å²) in [4.78, 5) is 17.8. The molecular weight excluding hydrogens is 306 g/mol. The fourth-order valence-electron chi connectivity index (χ4n) is 2.33. The van der Waals surface area contributed by atoms with Crippen LogP contribution < -0.4 is 5.32 Å². The molecule has 1 aromatic carbocycles. The number of nitrogens with zero attached hydrogens (tertiary/aromatic N) is 4. The Morgan fingerprint density at radius 3 is 2.83 bits per heavy atom. The predicted octanol–water partition coefficient (Wildman–Crippen LogP) is 3.76. The number of fused-ring (bicyclic) bond motifs is 1. The van der Waals surface area contributed by atoms with Gasteiger partial charge in [0, 0.05) is 28.7 Å². The lowest BCUT2D eigenvalue weighted by molar-refractivity contribution is 1.05. The van der Waals surface area contributed by atoms with Gasteiger partial charge in [-0.05, 0) is 24.3 Å². The van der Waals surface area contributed by atoms with E-state index in [-0.39, 0.29) is 0 Å². The van der Waals surface area contributed by atoms with Gasteiger partial charge in [-0.2, -0.15) is 0 Å². The summed E-state index contributed by atoms with van der Waals surface area (Å²) in [5.74, 6) is 1.47. The lowest BCUT2D eigenvalue weighted by atomic mass is 10.2. The lowest BCUT2D eigenvalue weighted by Gasteiger charge is -2.10. The fraction of sp³-hybridized carbons (Fsp3) is 0.0588. The molecule has 0 aliphatic carbocycles. The number of aromatic nitrogens is 4. The molecule has 0 atom stereocenters. The van der Waals surface area contributed by atoms with Gasteiger partial charge in [0.15, 0.2) is 5.82 Å². The molecule has 23 heavy (non-hydrogen) atoms. The van der Waals surface area contributed by atoms with Crippen LogP contribution in [-0.2, 0) is 6.54 Å². The number of anilines is 1. The van der Waals surface area contributed by atoms with Crippen LogP contribution >= 0.6 is 11.3 Å². The Labute approximate surface area is 137 Å². The highest BCUT2D eigenvalue weighted by atomic mass is 32.1. The number of benzene rings is 1. The number of rotatable bonds is 4. The largest absolute Gasteiger partial charge is 0.364 e. The third-order valence-corrected chi connectivity index (χ3v) is 4.08. The van der Waals surface area contributed by atoms with Crippen molar-refractivity contribution in [2.45, 2.75) is 6.54 Å². The molecule has 3 heterocycles. The molecule has 1 N–H and O–H groups in total. The molecule has 0 spiro atoms. The van der Waals surface area contributed by atoms with Gasteiger partial charge in [-0.1, -0.05) is 12.1 Å². The van der Waals surface area contributed by atoms with Crippen LogP contribution in [0.4, 0.5) is 5.82 Å². The number of nitrogens with one attached hydrogen (secondary N) is 1. The van der Waals surface area contributed by atoms with Crippen LogP contribution in [0, 0.1) is 0 Å². The first kappa shape index (κ1) is 13.8. The van der Waals surface area contributed by atoms with E-state index in [1.165, 1.54) is 0 Å². The SMILES string of the molecule is c1cncc(-c2nc(NCc3cscn3)c3ccccc3n2)c1. The molecule has 5 nitrogen and oxygen atoms in total. The second kappa shape index (κ2) is 6.10. The van der Waals surface area contributed by atoms with Gasteiger partial charge in [0.1, 0.15) is 5.82 Å². The molecule has 0 saturated heterocycles. The quantitative estimate of drug-likeness (QED) is 0.620. The smallest absolute Gasteiger partial charge is 0.163 e. The second-order valence-electron chi connectivity index (χ2n) is 4.99. The maximum Gasteiger partial charge on any atom is 0.163 e. The van der Waals surface area contributed by atoms with Crippen molar-refractivity contribution >= 4 is 28.1 Å². The highest BCUT2D eigenvalue weighted by molar-refractivity contribution is 7.07. The summed E-state index contributed by atoms with van der Waals surface area (Å²) in [6, 6.07) is 11.8. The first-order valence-corrected chi connectivity index (χ1v) is 8.12. The van der Waals surface area contributed by atoms with E-state index in [0.29, 0.717) is 12.4 Å². The summed E-state index contributed by atoms with van der Waals surface area (Å²) in [6.07, 6.45) is 3.51. The molecule has 4 rings (SSSR count). The maximum absolute atomic E-state index is 4.68. The number of para-hydroxylation sites is 1. The maximum atomic E-state index is 4.68. The molecule has 0 radical (unpaired) electrons. The van der Waals surface area contributed by atoms with Crippen LogP contribution in [0.2, 0.25) is 0 Å². The van der Waals surface area contributed by atoms with Crippen molar-refractivity contribution in [3.05, 3.63) is 65.4 Å². The number of hydrogen-bond acceptors (Lipinski definition) is 6. The Hall–Kier alpha value is -2.86. The van der Waals surface area contributed by atoms with Gasteiger partial charge >= 0.3 is 0 Å².